The minimum Gasteiger partial charge on any atom is -0.381 e. The average molecular weight is 271 g/mol. The summed E-state index contributed by atoms with van der Waals surface area (Å²) < 4.78 is 5.41. The molecule has 0 bridgehead atoms. The van der Waals surface area contributed by atoms with Crippen molar-refractivity contribution in [1.29, 1.82) is 0 Å². The van der Waals surface area contributed by atoms with E-state index in [4.69, 9.17) is 4.74 Å². The number of ether oxygens (including phenoxy) is 1. The second-order valence-corrected chi connectivity index (χ2v) is 5.47. The van der Waals surface area contributed by atoms with E-state index in [2.05, 4.69) is 22.2 Å². The van der Waals surface area contributed by atoms with Gasteiger partial charge in [-0.3, -0.25) is 4.98 Å². The van der Waals surface area contributed by atoms with E-state index in [1.54, 1.807) is 0 Å². The second-order valence-electron chi connectivity index (χ2n) is 5.47. The summed E-state index contributed by atoms with van der Waals surface area (Å²) in [5.41, 5.74) is 2.92. The highest BCUT2D eigenvalue weighted by Gasteiger charge is 2.19. The van der Waals surface area contributed by atoms with Gasteiger partial charge in [0.25, 0.3) is 0 Å². The predicted molar refractivity (Wildman–Crippen MR) is 79.4 cm³/mol. The Morgan fingerprint density at radius 3 is 2.80 bits per heavy atom. The molecule has 1 N–H and O–H groups in total. The first-order valence-corrected chi connectivity index (χ1v) is 7.35. The topological polar surface area (TPSA) is 47.0 Å². The van der Waals surface area contributed by atoms with Gasteiger partial charge in [-0.15, -0.1) is 0 Å². The molecule has 106 valence electrons. The van der Waals surface area contributed by atoms with Crippen LogP contribution in [0.3, 0.4) is 0 Å². The van der Waals surface area contributed by atoms with Gasteiger partial charge >= 0.3 is 0 Å². The van der Waals surface area contributed by atoms with Gasteiger partial charge in [0.1, 0.15) is 0 Å². The molecule has 1 fully saturated rings. The zero-order chi connectivity index (χ0) is 13.8. The molecule has 0 aliphatic carbocycles. The average Bonchev–Trinajstić information content (AvgIpc) is 2.53. The maximum absolute atomic E-state index is 5.41. The molecule has 0 amide bonds. The van der Waals surface area contributed by atoms with Crippen molar-refractivity contribution in [3.05, 3.63) is 36.2 Å². The van der Waals surface area contributed by atoms with E-state index in [1.165, 1.54) is 0 Å². The van der Waals surface area contributed by atoms with Crippen LogP contribution in [0.25, 0.3) is 11.0 Å². The highest BCUT2D eigenvalue weighted by Crippen LogP contribution is 2.18. The van der Waals surface area contributed by atoms with Gasteiger partial charge in [0.15, 0.2) is 0 Å². The molecule has 0 radical (unpaired) electrons. The lowest BCUT2D eigenvalue weighted by atomic mass is 9.93. The summed E-state index contributed by atoms with van der Waals surface area (Å²) in [6.07, 6.45) is 4.17. The number of rotatable bonds is 4. The molecule has 1 saturated heterocycles. The van der Waals surface area contributed by atoms with Gasteiger partial charge in [-0.1, -0.05) is 12.1 Å². The van der Waals surface area contributed by atoms with E-state index in [1.807, 2.05) is 30.5 Å². The molecule has 1 atom stereocenters. The molecule has 4 heteroatoms. The molecule has 0 saturated carbocycles. The molecule has 1 aromatic carbocycles. The molecule has 0 spiro atoms. The van der Waals surface area contributed by atoms with Crippen molar-refractivity contribution in [2.45, 2.75) is 32.4 Å². The van der Waals surface area contributed by atoms with E-state index >= 15 is 0 Å². The van der Waals surface area contributed by atoms with Crippen molar-refractivity contribution in [2.75, 3.05) is 13.2 Å². The van der Waals surface area contributed by atoms with Crippen LogP contribution >= 0.6 is 0 Å². The van der Waals surface area contributed by atoms with Gasteiger partial charge in [-0.25, -0.2) is 4.98 Å². The lowest BCUT2D eigenvalue weighted by Crippen LogP contribution is -2.36. The van der Waals surface area contributed by atoms with Crippen LogP contribution in [-0.4, -0.2) is 29.2 Å². The van der Waals surface area contributed by atoms with Crippen LogP contribution in [0.5, 0.6) is 0 Å². The third-order valence-electron chi connectivity index (χ3n) is 4.08. The fourth-order valence-corrected chi connectivity index (χ4v) is 2.73. The lowest BCUT2D eigenvalue weighted by molar-refractivity contribution is 0.0557. The van der Waals surface area contributed by atoms with Gasteiger partial charge in [-0.2, -0.15) is 0 Å². The molecular formula is C16H21N3O. The van der Waals surface area contributed by atoms with E-state index in [0.29, 0.717) is 12.0 Å². The van der Waals surface area contributed by atoms with Crippen LogP contribution in [0.2, 0.25) is 0 Å². The number of benzene rings is 1. The number of nitrogens with zero attached hydrogens (tertiary/aromatic N) is 2. The van der Waals surface area contributed by atoms with Gasteiger partial charge in [0, 0.05) is 25.8 Å². The van der Waals surface area contributed by atoms with Crippen LogP contribution < -0.4 is 5.32 Å². The minimum atomic E-state index is 0.493. The molecule has 3 rings (SSSR count). The van der Waals surface area contributed by atoms with Gasteiger partial charge < -0.3 is 10.1 Å². The van der Waals surface area contributed by atoms with Crippen LogP contribution in [0.1, 0.15) is 25.5 Å². The highest BCUT2D eigenvalue weighted by molar-refractivity contribution is 5.73. The largest absolute Gasteiger partial charge is 0.381 e. The van der Waals surface area contributed by atoms with E-state index in [9.17, 15) is 0 Å². The summed E-state index contributed by atoms with van der Waals surface area (Å²) in [5.74, 6) is 0.706. The third-order valence-corrected chi connectivity index (χ3v) is 4.08. The van der Waals surface area contributed by atoms with Gasteiger partial charge in [0.05, 0.1) is 22.9 Å². The Kier molecular flexibility index (Phi) is 4.23. The maximum atomic E-state index is 5.41. The maximum Gasteiger partial charge on any atom is 0.0890 e. The SMILES string of the molecule is CC(NCc1cnc2ccccc2n1)C1CCOCC1. The van der Waals surface area contributed by atoms with Crippen LogP contribution in [0, 0.1) is 5.92 Å². The molecule has 2 heterocycles. The summed E-state index contributed by atoms with van der Waals surface area (Å²) in [5, 5.41) is 3.58. The third kappa shape index (κ3) is 3.14. The van der Waals surface area contributed by atoms with Crippen molar-refractivity contribution in [1.82, 2.24) is 15.3 Å². The molecule has 1 aromatic heterocycles. The number of hydrogen-bond acceptors (Lipinski definition) is 4. The molecule has 1 aliphatic heterocycles. The van der Waals surface area contributed by atoms with Crippen molar-refractivity contribution >= 4 is 11.0 Å². The summed E-state index contributed by atoms with van der Waals surface area (Å²) in [4.78, 5) is 9.09. The standard InChI is InChI=1S/C16H21N3O/c1-12(13-6-8-20-9-7-13)17-10-14-11-18-15-4-2-3-5-16(15)19-14/h2-5,11-13,17H,6-10H2,1H3. The summed E-state index contributed by atoms with van der Waals surface area (Å²) in [7, 11) is 0. The zero-order valence-electron chi connectivity index (χ0n) is 11.9. The first-order chi connectivity index (χ1) is 9.83. The van der Waals surface area contributed by atoms with Gasteiger partial charge in [-0.05, 0) is 37.8 Å². The lowest BCUT2D eigenvalue weighted by Gasteiger charge is -2.28. The molecule has 4 nitrogen and oxygen atoms in total. The number of nitrogens with one attached hydrogen (secondary N) is 1. The monoisotopic (exact) mass is 271 g/mol. The van der Waals surface area contributed by atoms with Gasteiger partial charge in [0.2, 0.25) is 0 Å². The Balaban J connectivity index is 1.61. The van der Waals surface area contributed by atoms with Crippen molar-refractivity contribution in [3.63, 3.8) is 0 Å². The molecule has 1 unspecified atom stereocenters. The van der Waals surface area contributed by atoms with Crippen LogP contribution in [-0.2, 0) is 11.3 Å². The van der Waals surface area contributed by atoms with Crippen LogP contribution in [0.15, 0.2) is 30.5 Å². The fourth-order valence-electron chi connectivity index (χ4n) is 2.73. The van der Waals surface area contributed by atoms with Crippen molar-refractivity contribution in [3.8, 4) is 0 Å². The van der Waals surface area contributed by atoms with Crippen molar-refractivity contribution in [2.24, 2.45) is 5.92 Å². The molecule has 20 heavy (non-hydrogen) atoms. The molecule has 1 aliphatic rings. The Bertz CT molecular complexity index is 566. The quantitative estimate of drug-likeness (QED) is 0.928. The summed E-state index contributed by atoms with van der Waals surface area (Å²) in [6, 6.07) is 8.48. The fraction of sp³-hybridized carbons (Fsp3) is 0.500. The second kappa shape index (κ2) is 6.29. The van der Waals surface area contributed by atoms with E-state index in [-0.39, 0.29) is 0 Å². The minimum absolute atomic E-state index is 0.493. The van der Waals surface area contributed by atoms with Crippen LogP contribution in [0.4, 0.5) is 0 Å². The molecular weight excluding hydrogens is 250 g/mol. The van der Waals surface area contributed by atoms with E-state index in [0.717, 1.165) is 49.3 Å². The molecule has 2 aromatic rings. The number of para-hydroxylation sites is 2. The zero-order valence-corrected chi connectivity index (χ0v) is 11.9. The Morgan fingerprint density at radius 1 is 1.25 bits per heavy atom. The summed E-state index contributed by atoms with van der Waals surface area (Å²) >= 11 is 0. The Hall–Kier alpha value is -1.52. The number of fused-ring (bicyclic) bond motifs is 1. The number of hydrogen-bond donors (Lipinski definition) is 1. The van der Waals surface area contributed by atoms with E-state index < -0.39 is 0 Å². The first-order valence-electron chi connectivity index (χ1n) is 7.35. The summed E-state index contributed by atoms with van der Waals surface area (Å²) in [6.45, 7) is 4.82. The number of aromatic nitrogens is 2. The first kappa shape index (κ1) is 13.5. The highest BCUT2D eigenvalue weighted by atomic mass is 16.5. The predicted octanol–water partition coefficient (Wildman–Crippen LogP) is 2.53. The normalized spacial score (nSPS) is 18.2. The smallest absolute Gasteiger partial charge is 0.0890 e. The van der Waals surface area contributed by atoms with Crippen molar-refractivity contribution < 1.29 is 4.74 Å². The Labute approximate surface area is 119 Å². The Morgan fingerprint density at radius 2 is 2.00 bits per heavy atom.